The monoisotopic (exact) mass is 450 g/mol. The number of carbonyl (C=O) groups excluding carboxylic acids is 2. The van der Waals surface area contributed by atoms with Gasteiger partial charge in [0.15, 0.2) is 5.12 Å². The molecule has 2 aromatic heterocycles. The van der Waals surface area contributed by atoms with E-state index >= 15 is 0 Å². The molecule has 0 bridgehead atoms. The minimum absolute atomic E-state index is 0.204. The van der Waals surface area contributed by atoms with Crippen LogP contribution in [0.5, 0.6) is 5.75 Å². The molecule has 0 aliphatic heterocycles. The van der Waals surface area contributed by atoms with Crippen molar-refractivity contribution in [3.8, 4) is 16.8 Å². The van der Waals surface area contributed by atoms with Crippen molar-refractivity contribution >= 4 is 40.3 Å². The van der Waals surface area contributed by atoms with Gasteiger partial charge in [-0.1, -0.05) is 18.2 Å². The topological polar surface area (TPSA) is 72.1 Å². The van der Waals surface area contributed by atoms with Crippen LogP contribution in [-0.4, -0.2) is 15.7 Å². The summed E-state index contributed by atoms with van der Waals surface area (Å²) in [6.45, 7) is 9.25. The summed E-state index contributed by atoms with van der Waals surface area (Å²) in [5.41, 5.74) is 4.24. The summed E-state index contributed by atoms with van der Waals surface area (Å²) in [7, 11) is 0. The summed E-state index contributed by atoms with van der Waals surface area (Å²) in [4.78, 5) is 25.8. The van der Waals surface area contributed by atoms with Crippen LogP contribution in [0.15, 0.2) is 41.3 Å². The fraction of sp³-hybridized carbons (Fsp3) is 0.208. The van der Waals surface area contributed by atoms with Gasteiger partial charge in [-0.2, -0.15) is 5.26 Å². The van der Waals surface area contributed by atoms with Gasteiger partial charge in [-0.15, -0.1) is 11.3 Å². The third-order valence-corrected chi connectivity index (χ3v) is 6.83. The Kier molecular flexibility index (Phi) is 6.84. The Hall–Kier alpha value is -3.08. The molecule has 3 rings (SSSR count). The standard InChI is InChI=1S/C24H22N2O3S2/c1-14-11-19(16(3)26(14)23-21(13-25)15(2)17(4)30-23)12-22(31-18(5)27)24(28)29-20-9-7-6-8-10-20/h6-12H,1-5H3. The summed E-state index contributed by atoms with van der Waals surface area (Å²) >= 11 is 2.41. The molecule has 0 aliphatic rings. The molecule has 0 amide bonds. The molecule has 1 aromatic carbocycles. The quantitative estimate of drug-likeness (QED) is 0.276. The highest BCUT2D eigenvalue weighted by Crippen LogP contribution is 2.34. The molecular formula is C24H22N2O3S2. The summed E-state index contributed by atoms with van der Waals surface area (Å²) < 4.78 is 7.46. The van der Waals surface area contributed by atoms with Gasteiger partial charge in [-0.05, 0) is 74.9 Å². The molecule has 0 atom stereocenters. The predicted molar refractivity (Wildman–Crippen MR) is 126 cm³/mol. The fourth-order valence-corrected chi connectivity index (χ4v) is 5.06. The van der Waals surface area contributed by atoms with E-state index in [2.05, 4.69) is 6.07 Å². The van der Waals surface area contributed by atoms with E-state index in [0.717, 1.165) is 44.2 Å². The third kappa shape index (κ3) is 4.82. The van der Waals surface area contributed by atoms with Crippen LogP contribution < -0.4 is 4.74 Å². The van der Waals surface area contributed by atoms with Crippen molar-refractivity contribution in [2.24, 2.45) is 0 Å². The largest absolute Gasteiger partial charge is 0.423 e. The summed E-state index contributed by atoms with van der Waals surface area (Å²) in [5, 5.41) is 10.3. The number of rotatable bonds is 5. The average Bonchev–Trinajstić information content (AvgIpc) is 3.15. The molecular weight excluding hydrogens is 428 g/mol. The molecule has 5 nitrogen and oxygen atoms in total. The van der Waals surface area contributed by atoms with Crippen LogP contribution in [0, 0.1) is 39.0 Å². The highest BCUT2D eigenvalue weighted by Gasteiger charge is 2.21. The molecule has 7 heteroatoms. The van der Waals surface area contributed by atoms with Gasteiger partial charge in [0.2, 0.25) is 0 Å². The van der Waals surface area contributed by atoms with E-state index < -0.39 is 5.97 Å². The van der Waals surface area contributed by atoms with Crippen LogP contribution in [0.1, 0.15) is 39.9 Å². The molecule has 0 radical (unpaired) electrons. The summed E-state index contributed by atoms with van der Waals surface area (Å²) in [6.07, 6.45) is 1.68. The lowest BCUT2D eigenvalue weighted by molar-refractivity contribution is -0.129. The van der Waals surface area contributed by atoms with E-state index in [9.17, 15) is 14.9 Å². The zero-order valence-corrected chi connectivity index (χ0v) is 19.6. The van der Waals surface area contributed by atoms with E-state index in [4.69, 9.17) is 4.74 Å². The number of benzene rings is 1. The minimum Gasteiger partial charge on any atom is -0.423 e. The van der Waals surface area contributed by atoms with Crippen LogP contribution in [0.4, 0.5) is 0 Å². The Labute approximate surface area is 190 Å². The summed E-state index contributed by atoms with van der Waals surface area (Å²) in [6, 6.07) is 13.0. The molecule has 0 saturated carbocycles. The molecule has 31 heavy (non-hydrogen) atoms. The zero-order valence-electron chi connectivity index (χ0n) is 18.0. The van der Waals surface area contributed by atoms with E-state index in [1.165, 1.54) is 6.92 Å². The van der Waals surface area contributed by atoms with Gasteiger partial charge in [0.05, 0.1) is 5.56 Å². The number of hydrogen-bond donors (Lipinski definition) is 0. The normalized spacial score (nSPS) is 11.3. The maximum absolute atomic E-state index is 12.8. The zero-order chi connectivity index (χ0) is 22.7. The highest BCUT2D eigenvalue weighted by atomic mass is 32.2. The van der Waals surface area contributed by atoms with Crippen molar-refractivity contribution in [2.75, 3.05) is 0 Å². The Balaban J connectivity index is 2.05. The number of carbonyl (C=O) groups is 2. The van der Waals surface area contributed by atoms with Gasteiger partial charge in [-0.3, -0.25) is 4.79 Å². The SMILES string of the molecule is CC(=O)SC(=Cc1cc(C)n(-c2sc(C)c(C)c2C#N)c1C)C(=O)Oc1ccccc1. The molecule has 0 saturated heterocycles. The number of thiophene rings is 1. The molecule has 0 spiro atoms. The number of esters is 1. The number of para-hydroxylation sites is 1. The molecule has 2 heterocycles. The first-order chi connectivity index (χ1) is 14.7. The Bertz CT molecular complexity index is 1230. The molecule has 0 unspecified atom stereocenters. The number of aromatic nitrogens is 1. The lowest BCUT2D eigenvalue weighted by atomic mass is 10.2. The lowest BCUT2D eigenvalue weighted by Gasteiger charge is -2.09. The lowest BCUT2D eigenvalue weighted by Crippen LogP contribution is -2.10. The molecule has 3 aromatic rings. The van der Waals surface area contributed by atoms with Crippen molar-refractivity contribution in [1.82, 2.24) is 4.57 Å². The van der Waals surface area contributed by atoms with Crippen LogP contribution in [0.3, 0.4) is 0 Å². The Morgan fingerprint density at radius 3 is 2.45 bits per heavy atom. The van der Waals surface area contributed by atoms with Gasteiger partial charge in [-0.25, -0.2) is 4.79 Å². The first-order valence-electron chi connectivity index (χ1n) is 9.59. The predicted octanol–water partition coefficient (Wildman–Crippen LogP) is 5.87. The number of nitrogens with zero attached hydrogens (tertiary/aromatic N) is 2. The first-order valence-corrected chi connectivity index (χ1v) is 11.2. The van der Waals surface area contributed by atoms with Crippen LogP contribution in [0.2, 0.25) is 0 Å². The van der Waals surface area contributed by atoms with E-state index in [0.29, 0.717) is 11.3 Å². The number of hydrogen-bond acceptors (Lipinski definition) is 6. The van der Waals surface area contributed by atoms with Gasteiger partial charge < -0.3 is 9.30 Å². The first kappa shape index (κ1) is 22.6. The van der Waals surface area contributed by atoms with Gasteiger partial charge in [0, 0.05) is 23.2 Å². The van der Waals surface area contributed by atoms with E-state index in [-0.39, 0.29) is 10.0 Å². The Morgan fingerprint density at radius 2 is 1.84 bits per heavy atom. The smallest absolute Gasteiger partial charge is 0.350 e. The van der Waals surface area contributed by atoms with Crippen molar-refractivity contribution in [1.29, 1.82) is 5.26 Å². The second-order valence-electron chi connectivity index (χ2n) is 7.04. The van der Waals surface area contributed by atoms with E-state index in [1.54, 1.807) is 41.7 Å². The number of thioether (sulfide) groups is 1. The molecule has 158 valence electrons. The van der Waals surface area contributed by atoms with E-state index in [1.807, 2.05) is 44.4 Å². The second-order valence-corrected chi connectivity index (χ2v) is 9.46. The number of nitriles is 1. The minimum atomic E-state index is -0.586. The van der Waals surface area contributed by atoms with Crippen LogP contribution in [-0.2, 0) is 9.59 Å². The van der Waals surface area contributed by atoms with Gasteiger partial charge in [0.1, 0.15) is 21.7 Å². The summed E-state index contributed by atoms with van der Waals surface area (Å²) in [5.74, 6) is -0.173. The van der Waals surface area contributed by atoms with Crippen molar-refractivity contribution in [2.45, 2.75) is 34.6 Å². The molecule has 0 N–H and O–H groups in total. The van der Waals surface area contributed by atoms with Crippen molar-refractivity contribution < 1.29 is 14.3 Å². The third-order valence-electron chi connectivity index (χ3n) is 4.85. The van der Waals surface area contributed by atoms with Crippen LogP contribution >= 0.6 is 23.1 Å². The van der Waals surface area contributed by atoms with Gasteiger partial charge >= 0.3 is 5.97 Å². The maximum Gasteiger partial charge on any atom is 0.350 e. The van der Waals surface area contributed by atoms with Crippen molar-refractivity contribution in [3.63, 3.8) is 0 Å². The van der Waals surface area contributed by atoms with Gasteiger partial charge in [0.25, 0.3) is 0 Å². The highest BCUT2D eigenvalue weighted by molar-refractivity contribution is 8.17. The molecule has 0 aliphatic carbocycles. The fourth-order valence-electron chi connectivity index (χ4n) is 3.22. The Morgan fingerprint density at radius 1 is 1.16 bits per heavy atom. The number of ether oxygens (including phenoxy) is 1. The second kappa shape index (κ2) is 9.38. The average molecular weight is 451 g/mol. The maximum atomic E-state index is 12.8. The molecule has 0 fully saturated rings. The van der Waals surface area contributed by atoms with Crippen molar-refractivity contribution in [3.05, 3.63) is 74.3 Å². The van der Waals surface area contributed by atoms with Crippen LogP contribution in [0.25, 0.3) is 11.1 Å². The number of aryl methyl sites for hydroxylation is 2.